The number of urea groups is 1. The number of fused-ring (bicyclic) bond motifs is 1. The molecule has 1 aliphatic carbocycles. The van der Waals surface area contributed by atoms with Crippen LogP contribution < -0.4 is 19.9 Å². The zero-order valence-corrected chi connectivity index (χ0v) is 19.3. The van der Waals surface area contributed by atoms with Gasteiger partial charge < -0.3 is 20.3 Å². The van der Waals surface area contributed by atoms with Gasteiger partial charge in [-0.15, -0.1) is 0 Å². The number of halogens is 2. The van der Waals surface area contributed by atoms with Crippen molar-refractivity contribution in [3.8, 4) is 11.5 Å². The SMILES string of the molecule is CNc1ncc2c(n1)N(C1CCC(C(=O)O)CC1)C(=O)N(c1c(Cl)ccc(O)c1OCCF)C2. The molecule has 0 saturated heterocycles. The quantitative estimate of drug-likeness (QED) is 0.531. The van der Waals surface area contributed by atoms with Crippen molar-refractivity contribution >= 4 is 41.1 Å². The van der Waals surface area contributed by atoms with E-state index in [2.05, 4.69) is 15.3 Å². The van der Waals surface area contributed by atoms with Crippen molar-refractivity contribution < 1.29 is 28.9 Å². The molecule has 0 unspecified atom stereocenters. The minimum atomic E-state index is -0.841. The molecule has 2 aliphatic rings. The number of phenols is 1. The summed E-state index contributed by atoms with van der Waals surface area (Å²) in [6, 6.07) is 2.00. The number of carboxylic acid groups (broad SMARTS) is 1. The molecule has 1 fully saturated rings. The first-order chi connectivity index (χ1) is 16.3. The lowest BCUT2D eigenvalue weighted by Crippen LogP contribution is -2.53. The Hall–Kier alpha value is -3.34. The van der Waals surface area contributed by atoms with Crippen LogP contribution in [0.2, 0.25) is 5.02 Å². The molecule has 0 bridgehead atoms. The van der Waals surface area contributed by atoms with Gasteiger partial charge in [0.15, 0.2) is 11.5 Å². The molecule has 2 aromatic rings. The van der Waals surface area contributed by atoms with Gasteiger partial charge in [-0.25, -0.2) is 14.2 Å². The number of rotatable bonds is 7. The highest BCUT2D eigenvalue weighted by molar-refractivity contribution is 6.34. The Morgan fingerprint density at radius 2 is 2.06 bits per heavy atom. The summed E-state index contributed by atoms with van der Waals surface area (Å²) >= 11 is 6.44. The maximum Gasteiger partial charge on any atom is 0.330 e. The van der Waals surface area contributed by atoms with Gasteiger partial charge in [0.1, 0.15) is 24.8 Å². The van der Waals surface area contributed by atoms with Crippen LogP contribution >= 0.6 is 11.6 Å². The number of benzene rings is 1. The summed E-state index contributed by atoms with van der Waals surface area (Å²) in [7, 11) is 1.67. The predicted octanol–water partition coefficient (Wildman–Crippen LogP) is 3.82. The Morgan fingerprint density at radius 3 is 2.71 bits per heavy atom. The zero-order valence-electron chi connectivity index (χ0n) is 18.5. The van der Waals surface area contributed by atoms with E-state index in [1.165, 1.54) is 17.0 Å². The van der Waals surface area contributed by atoms with Gasteiger partial charge in [-0.3, -0.25) is 14.6 Å². The second-order valence-corrected chi connectivity index (χ2v) is 8.56. The van der Waals surface area contributed by atoms with Crippen molar-refractivity contribution in [2.24, 2.45) is 5.92 Å². The molecule has 4 rings (SSSR count). The first kappa shape index (κ1) is 23.8. The molecular weight excluding hydrogens is 469 g/mol. The molecule has 1 aromatic carbocycles. The minimum Gasteiger partial charge on any atom is -0.504 e. The molecule has 3 N–H and O–H groups in total. The number of hydrogen-bond acceptors (Lipinski definition) is 7. The minimum absolute atomic E-state index is 0.0499. The largest absolute Gasteiger partial charge is 0.504 e. The number of carbonyl (C=O) groups is 2. The Bertz CT molecular complexity index is 1100. The normalized spacial score (nSPS) is 20.1. The third kappa shape index (κ3) is 4.39. The van der Waals surface area contributed by atoms with Gasteiger partial charge in [-0.1, -0.05) is 11.6 Å². The van der Waals surface area contributed by atoms with Crippen LogP contribution in [-0.4, -0.2) is 58.6 Å². The molecule has 0 spiro atoms. The lowest BCUT2D eigenvalue weighted by Gasteiger charge is -2.42. The van der Waals surface area contributed by atoms with Crippen LogP contribution in [0, 0.1) is 5.92 Å². The monoisotopic (exact) mass is 493 g/mol. The number of carbonyl (C=O) groups excluding carboxylic acids is 1. The fraction of sp³-hybridized carbons (Fsp3) is 0.455. The number of ether oxygens (including phenoxy) is 1. The number of aromatic nitrogens is 2. The van der Waals surface area contributed by atoms with Crippen LogP contribution in [-0.2, 0) is 11.3 Å². The summed E-state index contributed by atoms with van der Waals surface area (Å²) < 4.78 is 18.2. The maximum atomic E-state index is 13.9. The molecule has 1 aliphatic heterocycles. The Labute approximate surface area is 200 Å². The Morgan fingerprint density at radius 1 is 1.32 bits per heavy atom. The molecule has 0 radical (unpaired) electrons. The van der Waals surface area contributed by atoms with Crippen LogP contribution in [0.5, 0.6) is 11.5 Å². The molecule has 34 heavy (non-hydrogen) atoms. The van der Waals surface area contributed by atoms with Gasteiger partial charge in [0.05, 0.1) is 17.5 Å². The number of amides is 2. The first-order valence-corrected chi connectivity index (χ1v) is 11.3. The van der Waals surface area contributed by atoms with Gasteiger partial charge >= 0.3 is 12.0 Å². The Kier molecular flexibility index (Phi) is 6.92. The second-order valence-electron chi connectivity index (χ2n) is 8.16. The predicted molar refractivity (Wildman–Crippen MR) is 124 cm³/mol. The lowest BCUT2D eigenvalue weighted by molar-refractivity contribution is -0.142. The number of alkyl halides is 1. The molecule has 2 heterocycles. The average molecular weight is 494 g/mol. The van der Waals surface area contributed by atoms with E-state index in [-0.39, 0.29) is 41.4 Å². The number of aromatic hydroxyl groups is 1. The van der Waals surface area contributed by atoms with E-state index < -0.39 is 24.6 Å². The van der Waals surface area contributed by atoms with Crippen molar-refractivity contribution in [3.05, 3.63) is 28.9 Å². The summed E-state index contributed by atoms with van der Waals surface area (Å²) in [6.07, 6.45) is 3.42. The summed E-state index contributed by atoms with van der Waals surface area (Å²) in [6.45, 7) is -1.06. The molecule has 10 nitrogen and oxygen atoms in total. The summed E-state index contributed by atoms with van der Waals surface area (Å²) in [5, 5.41) is 22.7. The third-order valence-electron chi connectivity index (χ3n) is 6.12. The number of phenolic OH excluding ortho intramolecular Hbond substituents is 1. The number of carboxylic acids is 1. The fourth-order valence-electron chi connectivity index (χ4n) is 4.45. The van der Waals surface area contributed by atoms with Crippen LogP contribution in [0.1, 0.15) is 31.2 Å². The second kappa shape index (κ2) is 9.88. The number of aliphatic carboxylic acids is 1. The highest BCUT2D eigenvalue weighted by atomic mass is 35.5. The zero-order chi connectivity index (χ0) is 24.4. The lowest BCUT2D eigenvalue weighted by atomic mass is 9.85. The van der Waals surface area contributed by atoms with Crippen molar-refractivity contribution in [3.63, 3.8) is 0 Å². The summed E-state index contributed by atoms with van der Waals surface area (Å²) in [4.78, 5) is 37.0. The van der Waals surface area contributed by atoms with E-state index in [0.29, 0.717) is 43.0 Å². The summed E-state index contributed by atoms with van der Waals surface area (Å²) in [5.41, 5.74) is 0.752. The highest BCUT2D eigenvalue weighted by Crippen LogP contribution is 2.46. The Balaban J connectivity index is 1.77. The van der Waals surface area contributed by atoms with Crippen LogP contribution in [0.3, 0.4) is 0 Å². The molecule has 12 heteroatoms. The van der Waals surface area contributed by atoms with Crippen LogP contribution in [0.15, 0.2) is 18.3 Å². The van der Waals surface area contributed by atoms with E-state index in [1.807, 2.05) is 0 Å². The van der Waals surface area contributed by atoms with Gasteiger partial charge in [0.2, 0.25) is 5.95 Å². The van der Waals surface area contributed by atoms with Crippen molar-refractivity contribution in [1.29, 1.82) is 0 Å². The van der Waals surface area contributed by atoms with Crippen LogP contribution in [0.25, 0.3) is 0 Å². The van der Waals surface area contributed by atoms with Crippen molar-refractivity contribution in [1.82, 2.24) is 9.97 Å². The fourth-order valence-corrected chi connectivity index (χ4v) is 4.70. The van der Waals surface area contributed by atoms with E-state index in [0.717, 1.165) is 0 Å². The van der Waals surface area contributed by atoms with E-state index in [1.54, 1.807) is 18.1 Å². The number of hydrogen-bond donors (Lipinski definition) is 3. The molecule has 182 valence electrons. The molecular formula is C22H25ClFN5O5. The number of nitrogens with zero attached hydrogens (tertiary/aromatic N) is 4. The highest BCUT2D eigenvalue weighted by Gasteiger charge is 2.41. The van der Waals surface area contributed by atoms with E-state index >= 15 is 0 Å². The maximum absolute atomic E-state index is 13.9. The molecule has 1 aromatic heterocycles. The smallest absolute Gasteiger partial charge is 0.330 e. The van der Waals surface area contributed by atoms with Crippen LogP contribution in [0.4, 0.5) is 26.6 Å². The molecule has 0 atom stereocenters. The van der Waals surface area contributed by atoms with Gasteiger partial charge in [0.25, 0.3) is 0 Å². The van der Waals surface area contributed by atoms with Gasteiger partial charge in [0, 0.05) is 24.8 Å². The van der Waals surface area contributed by atoms with Crippen molar-refractivity contribution in [2.75, 3.05) is 35.4 Å². The molecule has 1 saturated carbocycles. The standard InChI is InChI=1S/C22H25ClFN5O5/c1-25-21-26-10-13-11-28(17-15(23)6-7-16(30)18(17)34-9-8-24)22(33)29(19(13)27-21)14-4-2-12(3-5-14)20(31)32/h6-7,10,12,14,30H,2-5,8-9,11H2,1H3,(H,31,32)(H,25,26,27). The van der Waals surface area contributed by atoms with E-state index in [9.17, 15) is 24.2 Å². The van der Waals surface area contributed by atoms with Gasteiger partial charge in [-0.2, -0.15) is 4.98 Å². The van der Waals surface area contributed by atoms with E-state index in [4.69, 9.17) is 16.3 Å². The summed E-state index contributed by atoms with van der Waals surface area (Å²) in [5.74, 6) is -0.892. The topological polar surface area (TPSA) is 128 Å². The van der Waals surface area contributed by atoms with Crippen molar-refractivity contribution in [2.45, 2.75) is 38.3 Å². The number of anilines is 3. The first-order valence-electron chi connectivity index (χ1n) is 10.9. The van der Waals surface area contributed by atoms with Gasteiger partial charge in [-0.05, 0) is 37.8 Å². The number of nitrogens with one attached hydrogen (secondary N) is 1. The molecule has 2 amide bonds. The average Bonchev–Trinajstić information content (AvgIpc) is 2.84. The third-order valence-corrected chi connectivity index (χ3v) is 6.43.